The van der Waals surface area contributed by atoms with Crippen LogP contribution in [0.1, 0.15) is 17.3 Å². The number of amides is 1. The quantitative estimate of drug-likeness (QED) is 0.852. The summed E-state index contributed by atoms with van der Waals surface area (Å²) in [5.74, 6) is -0.0113. The van der Waals surface area contributed by atoms with Crippen LogP contribution in [-0.2, 0) is 0 Å². The zero-order valence-corrected chi connectivity index (χ0v) is 11.1. The molecule has 1 aromatic carbocycles. The first-order valence-corrected chi connectivity index (χ1v) is 6.30. The fourth-order valence-corrected chi connectivity index (χ4v) is 2.50. The molecule has 92 valence electrons. The van der Waals surface area contributed by atoms with Crippen molar-refractivity contribution in [3.05, 3.63) is 33.8 Å². The highest BCUT2D eigenvalue weighted by atomic mass is 35.5. The molecule has 1 fully saturated rings. The van der Waals surface area contributed by atoms with Gasteiger partial charge in [0.15, 0.2) is 0 Å². The van der Waals surface area contributed by atoms with E-state index in [9.17, 15) is 4.79 Å². The predicted molar refractivity (Wildman–Crippen MR) is 69.8 cm³/mol. The Kier molecular flexibility index (Phi) is 3.92. The molecule has 1 aliphatic heterocycles. The molecule has 2 rings (SSSR count). The smallest absolute Gasteiger partial charge is 0.254 e. The van der Waals surface area contributed by atoms with Gasteiger partial charge in [-0.05, 0) is 25.1 Å². The van der Waals surface area contributed by atoms with Crippen LogP contribution in [0.2, 0.25) is 10.0 Å². The minimum atomic E-state index is -0.0113. The maximum absolute atomic E-state index is 12.2. The highest BCUT2D eigenvalue weighted by molar-refractivity contribution is 6.35. The van der Waals surface area contributed by atoms with E-state index >= 15 is 0 Å². The van der Waals surface area contributed by atoms with E-state index in [-0.39, 0.29) is 5.91 Å². The molecular formula is C12H14Cl2N2O. The van der Waals surface area contributed by atoms with Crippen LogP contribution in [0.5, 0.6) is 0 Å². The molecule has 1 unspecified atom stereocenters. The highest BCUT2D eigenvalue weighted by Gasteiger charge is 2.21. The molecule has 0 radical (unpaired) electrons. The zero-order chi connectivity index (χ0) is 12.4. The maximum atomic E-state index is 12.2. The van der Waals surface area contributed by atoms with Crippen LogP contribution >= 0.6 is 23.2 Å². The van der Waals surface area contributed by atoms with E-state index < -0.39 is 0 Å². The Morgan fingerprint density at radius 3 is 2.59 bits per heavy atom. The molecular weight excluding hydrogens is 259 g/mol. The van der Waals surface area contributed by atoms with E-state index in [2.05, 4.69) is 12.2 Å². The molecule has 17 heavy (non-hydrogen) atoms. The lowest BCUT2D eigenvalue weighted by atomic mass is 10.1. The Hall–Kier alpha value is -0.770. The summed E-state index contributed by atoms with van der Waals surface area (Å²) >= 11 is 11.8. The molecule has 1 amide bonds. The van der Waals surface area contributed by atoms with Crippen LogP contribution in [0.15, 0.2) is 18.2 Å². The SMILES string of the molecule is CC1CN(C(=O)c2cc(Cl)cc(Cl)c2)CCN1. The molecule has 3 nitrogen and oxygen atoms in total. The number of carbonyl (C=O) groups is 1. The molecule has 1 heterocycles. The molecule has 1 aromatic rings. The minimum absolute atomic E-state index is 0.0113. The van der Waals surface area contributed by atoms with Gasteiger partial charge in [-0.15, -0.1) is 0 Å². The summed E-state index contributed by atoms with van der Waals surface area (Å²) in [7, 11) is 0. The molecule has 1 aliphatic rings. The first-order valence-electron chi connectivity index (χ1n) is 5.55. The molecule has 0 spiro atoms. The molecule has 0 bridgehead atoms. The number of piperazine rings is 1. The second-order valence-corrected chi connectivity index (χ2v) is 5.14. The number of hydrogen-bond donors (Lipinski definition) is 1. The molecule has 0 saturated carbocycles. The largest absolute Gasteiger partial charge is 0.336 e. The number of nitrogens with one attached hydrogen (secondary N) is 1. The topological polar surface area (TPSA) is 32.3 Å². The van der Waals surface area contributed by atoms with Gasteiger partial charge in [0.25, 0.3) is 5.91 Å². The number of hydrogen-bond acceptors (Lipinski definition) is 2. The van der Waals surface area contributed by atoms with E-state index in [0.717, 1.165) is 6.54 Å². The van der Waals surface area contributed by atoms with Crippen molar-refractivity contribution in [3.63, 3.8) is 0 Å². The first kappa shape index (κ1) is 12.7. The predicted octanol–water partition coefficient (Wildman–Crippen LogP) is 2.43. The van der Waals surface area contributed by atoms with Crippen molar-refractivity contribution in [3.8, 4) is 0 Å². The summed E-state index contributed by atoms with van der Waals surface area (Å²) in [6, 6.07) is 5.26. The molecule has 5 heteroatoms. The fraction of sp³-hybridized carbons (Fsp3) is 0.417. The van der Waals surface area contributed by atoms with Crippen molar-refractivity contribution in [1.82, 2.24) is 10.2 Å². The van der Waals surface area contributed by atoms with Crippen LogP contribution in [-0.4, -0.2) is 36.5 Å². The fourth-order valence-electron chi connectivity index (χ4n) is 1.98. The van der Waals surface area contributed by atoms with E-state index in [1.54, 1.807) is 18.2 Å². The summed E-state index contributed by atoms with van der Waals surface area (Å²) < 4.78 is 0. The van der Waals surface area contributed by atoms with Crippen molar-refractivity contribution in [2.24, 2.45) is 0 Å². The normalized spacial score (nSPS) is 20.4. The van der Waals surface area contributed by atoms with Gasteiger partial charge in [-0.3, -0.25) is 4.79 Å². The number of halogens is 2. The van der Waals surface area contributed by atoms with Crippen LogP contribution in [0.4, 0.5) is 0 Å². The number of rotatable bonds is 1. The van der Waals surface area contributed by atoms with Gasteiger partial charge < -0.3 is 10.2 Å². The Balaban J connectivity index is 2.18. The Morgan fingerprint density at radius 2 is 2.00 bits per heavy atom. The molecule has 1 saturated heterocycles. The minimum Gasteiger partial charge on any atom is -0.336 e. The third-order valence-electron chi connectivity index (χ3n) is 2.77. The Morgan fingerprint density at radius 1 is 1.35 bits per heavy atom. The van der Waals surface area contributed by atoms with Crippen molar-refractivity contribution in [1.29, 1.82) is 0 Å². The van der Waals surface area contributed by atoms with Gasteiger partial charge in [0.05, 0.1) is 0 Å². The highest BCUT2D eigenvalue weighted by Crippen LogP contribution is 2.20. The van der Waals surface area contributed by atoms with Crippen LogP contribution < -0.4 is 5.32 Å². The van der Waals surface area contributed by atoms with Crippen molar-refractivity contribution >= 4 is 29.1 Å². The molecule has 0 aromatic heterocycles. The summed E-state index contributed by atoms with van der Waals surface area (Å²) in [5, 5.41) is 4.27. The number of nitrogens with zero attached hydrogens (tertiary/aromatic N) is 1. The summed E-state index contributed by atoms with van der Waals surface area (Å²) in [6.07, 6.45) is 0. The first-order chi connectivity index (χ1) is 8.06. The van der Waals surface area contributed by atoms with Crippen molar-refractivity contribution in [2.75, 3.05) is 19.6 Å². The lowest BCUT2D eigenvalue weighted by Gasteiger charge is -2.32. The lowest BCUT2D eigenvalue weighted by molar-refractivity contribution is 0.0709. The average molecular weight is 273 g/mol. The van der Waals surface area contributed by atoms with E-state index in [1.165, 1.54) is 0 Å². The van der Waals surface area contributed by atoms with Crippen molar-refractivity contribution in [2.45, 2.75) is 13.0 Å². The van der Waals surface area contributed by atoms with Gasteiger partial charge in [0.1, 0.15) is 0 Å². The second kappa shape index (κ2) is 5.25. The van der Waals surface area contributed by atoms with Crippen molar-refractivity contribution < 1.29 is 4.79 Å². The average Bonchev–Trinajstić information content (AvgIpc) is 2.26. The van der Waals surface area contributed by atoms with E-state index in [0.29, 0.717) is 34.7 Å². The van der Waals surface area contributed by atoms with E-state index in [1.807, 2.05) is 4.90 Å². The zero-order valence-electron chi connectivity index (χ0n) is 9.54. The summed E-state index contributed by atoms with van der Waals surface area (Å²) in [6.45, 7) is 4.31. The number of benzene rings is 1. The third kappa shape index (κ3) is 3.12. The standard InChI is InChI=1S/C12H14Cl2N2O/c1-8-7-16(3-2-15-8)12(17)9-4-10(13)6-11(14)5-9/h4-6,8,15H,2-3,7H2,1H3. The van der Waals surface area contributed by atoms with Gasteiger partial charge in [0, 0.05) is 41.3 Å². The molecule has 0 aliphatic carbocycles. The third-order valence-corrected chi connectivity index (χ3v) is 3.20. The van der Waals surface area contributed by atoms with Crippen LogP contribution in [0.3, 0.4) is 0 Å². The maximum Gasteiger partial charge on any atom is 0.254 e. The second-order valence-electron chi connectivity index (χ2n) is 4.26. The van der Waals surface area contributed by atoms with Gasteiger partial charge in [-0.25, -0.2) is 0 Å². The Labute approximate surface area is 111 Å². The lowest BCUT2D eigenvalue weighted by Crippen LogP contribution is -2.51. The van der Waals surface area contributed by atoms with Gasteiger partial charge in [-0.2, -0.15) is 0 Å². The molecule has 1 atom stereocenters. The number of carbonyl (C=O) groups excluding carboxylic acids is 1. The van der Waals surface area contributed by atoms with Gasteiger partial charge in [0.2, 0.25) is 0 Å². The molecule has 1 N–H and O–H groups in total. The van der Waals surface area contributed by atoms with E-state index in [4.69, 9.17) is 23.2 Å². The van der Waals surface area contributed by atoms with Gasteiger partial charge in [-0.1, -0.05) is 23.2 Å². The summed E-state index contributed by atoms with van der Waals surface area (Å²) in [5.41, 5.74) is 0.552. The Bertz CT molecular complexity index is 416. The van der Waals surface area contributed by atoms with Gasteiger partial charge >= 0.3 is 0 Å². The summed E-state index contributed by atoms with van der Waals surface area (Å²) in [4.78, 5) is 14.1. The van der Waals surface area contributed by atoms with Crippen LogP contribution in [0, 0.1) is 0 Å². The van der Waals surface area contributed by atoms with Crippen LogP contribution in [0.25, 0.3) is 0 Å². The monoisotopic (exact) mass is 272 g/mol.